The summed E-state index contributed by atoms with van der Waals surface area (Å²) in [7, 11) is 0. The Kier molecular flexibility index (Phi) is 5.90. The summed E-state index contributed by atoms with van der Waals surface area (Å²) in [5, 5.41) is 3.90. The van der Waals surface area contributed by atoms with Gasteiger partial charge in [-0.05, 0) is 49.9 Å². The fourth-order valence-electron chi connectivity index (χ4n) is 4.36. The number of ketones is 1. The van der Waals surface area contributed by atoms with E-state index in [0.29, 0.717) is 34.2 Å². The zero-order valence-corrected chi connectivity index (χ0v) is 18.4. The van der Waals surface area contributed by atoms with E-state index in [1.54, 1.807) is 12.1 Å². The first kappa shape index (κ1) is 21.0. The third-order valence-corrected chi connectivity index (χ3v) is 6.35. The van der Waals surface area contributed by atoms with Crippen LogP contribution < -0.4 is 10.1 Å². The van der Waals surface area contributed by atoms with Crippen molar-refractivity contribution in [2.24, 2.45) is 0 Å². The van der Waals surface area contributed by atoms with Crippen LogP contribution in [0.15, 0.2) is 53.7 Å². The highest BCUT2D eigenvalue weighted by molar-refractivity contribution is 6.42. The quantitative estimate of drug-likeness (QED) is 0.650. The zero-order chi connectivity index (χ0) is 21.4. The molecule has 1 heterocycles. The number of amides is 1. The molecule has 2 aliphatic rings. The summed E-state index contributed by atoms with van der Waals surface area (Å²) in [5.41, 5.74) is 3.24. The van der Waals surface area contributed by atoms with Crippen molar-refractivity contribution in [1.82, 2.24) is 5.32 Å². The molecule has 0 spiro atoms. The number of halogens is 2. The average molecular weight is 444 g/mol. The summed E-state index contributed by atoms with van der Waals surface area (Å²) in [6, 6.07) is 13.1. The van der Waals surface area contributed by atoms with E-state index in [1.807, 2.05) is 44.2 Å². The van der Waals surface area contributed by atoms with Crippen LogP contribution in [0.1, 0.15) is 56.1 Å². The van der Waals surface area contributed by atoms with E-state index >= 15 is 0 Å². The second-order valence-electron chi connectivity index (χ2n) is 8.10. The normalized spacial score (nSPS) is 21.5. The van der Waals surface area contributed by atoms with Gasteiger partial charge in [-0.2, -0.15) is 0 Å². The van der Waals surface area contributed by atoms with Crippen molar-refractivity contribution in [3.8, 4) is 5.75 Å². The van der Waals surface area contributed by atoms with Crippen LogP contribution in [-0.2, 0) is 9.59 Å². The van der Waals surface area contributed by atoms with E-state index in [1.165, 1.54) is 0 Å². The van der Waals surface area contributed by atoms with Crippen molar-refractivity contribution in [2.45, 2.75) is 51.0 Å². The van der Waals surface area contributed by atoms with Crippen LogP contribution in [0.25, 0.3) is 0 Å². The van der Waals surface area contributed by atoms with Crippen LogP contribution in [0, 0.1) is 0 Å². The molecule has 1 N–H and O–H groups in total. The molecule has 2 unspecified atom stereocenters. The lowest BCUT2D eigenvalue weighted by atomic mass is 9.73. The van der Waals surface area contributed by atoms with Gasteiger partial charge >= 0.3 is 0 Å². The SMILES string of the molecule is CC(C)Oc1ccccc1C1CC(=O)NC2=C1C(=O)CC(c1ccc(Cl)c(Cl)c1)C2. The molecular formula is C24H23Cl2NO3. The number of carbonyl (C=O) groups excluding carboxylic acids is 2. The van der Waals surface area contributed by atoms with Gasteiger partial charge in [0, 0.05) is 35.6 Å². The van der Waals surface area contributed by atoms with Gasteiger partial charge in [-0.15, -0.1) is 0 Å². The molecule has 6 heteroatoms. The molecule has 30 heavy (non-hydrogen) atoms. The second kappa shape index (κ2) is 8.44. The molecule has 0 fully saturated rings. The third-order valence-electron chi connectivity index (χ3n) is 5.61. The third kappa shape index (κ3) is 4.12. The molecule has 156 valence electrons. The first-order chi connectivity index (χ1) is 14.3. The van der Waals surface area contributed by atoms with E-state index in [9.17, 15) is 9.59 Å². The van der Waals surface area contributed by atoms with Gasteiger partial charge in [0.05, 0.1) is 16.1 Å². The molecule has 1 amide bonds. The van der Waals surface area contributed by atoms with Gasteiger partial charge in [-0.25, -0.2) is 0 Å². The standard InChI is InChI=1S/C24H23Cl2NO3/c1-13(2)30-22-6-4-3-5-16(22)17-12-23(29)27-20-10-15(11-21(28)24(17)20)14-7-8-18(25)19(26)9-14/h3-9,13,15,17H,10-12H2,1-2H3,(H,27,29). The lowest BCUT2D eigenvalue weighted by Crippen LogP contribution is -2.38. The molecule has 2 aromatic rings. The van der Waals surface area contributed by atoms with Crippen LogP contribution in [-0.4, -0.2) is 17.8 Å². The average Bonchev–Trinajstić information content (AvgIpc) is 2.69. The van der Waals surface area contributed by atoms with Gasteiger partial charge in [0.25, 0.3) is 0 Å². The van der Waals surface area contributed by atoms with E-state index < -0.39 is 0 Å². The molecule has 0 radical (unpaired) electrons. The number of allylic oxidation sites excluding steroid dienone is 2. The van der Waals surface area contributed by atoms with Crippen molar-refractivity contribution in [1.29, 1.82) is 0 Å². The summed E-state index contributed by atoms with van der Waals surface area (Å²) in [6.07, 6.45) is 1.18. The maximum Gasteiger partial charge on any atom is 0.225 e. The van der Waals surface area contributed by atoms with Gasteiger partial charge in [0.2, 0.25) is 5.91 Å². The number of ether oxygens (including phenoxy) is 1. The minimum atomic E-state index is -0.300. The smallest absolute Gasteiger partial charge is 0.225 e. The van der Waals surface area contributed by atoms with Crippen molar-refractivity contribution in [3.05, 3.63) is 74.9 Å². The number of hydrogen-bond acceptors (Lipinski definition) is 3. The molecule has 1 aliphatic heterocycles. The van der Waals surface area contributed by atoms with Gasteiger partial charge < -0.3 is 10.1 Å². The Morgan fingerprint density at radius 3 is 2.50 bits per heavy atom. The number of nitrogens with one attached hydrogen (secondary N) is 1. The fourth-order valence-corrected chi connectivity index (χ4v) is 4.66. The van der Waals surface area contributed by atoms with Gasteiger partial charge in [-0.3, -0.25) is 9.59 Å². The number of rotatable bonds is 4. The van der Waals surface area contributed by atoms with E-state index in [0.717, 1.165) is 16.9 Å². The Morgan fingerprint density at radius 2 is 1.77 bits per heavy atom. The topological polar surface area (TPSA) is 55.4 Å². The predicted molar refractivity (Wildman–Crippen MR) is 118 cm³/mol. The van der Waals surface area contributed by atoms with Gasteiger partial charge in [0.15, 0.2) is 5.78 Å². The Morgan fingerprint density at radius 1 is 1.00 bits per heavy atom. The van der Waals surface area contributed by atoms with Crippen LogP contribution in [0.5, 0.6) is 5.75 Å². The monoisotopic (exact) mass is 443 g/mol. The summed E-state index contributed by atoms with van der Waals surface area (Å²) < 4.78 is 5.97. The number of Topliss-reactive ketones (excluding diaryl/α,β-unsaturated/α-hetero) is 1. The lowest BCUT2D eigenvalue weighted by Gasteiger charge is -2.35. The number of para-hydroxylation sites is 1. The molecule has 0 bridgehead atoms. The second-order valence-corrected chi connectivity index (χ2v) is 8.92. The maximum atomic E-state index is 13.3. The highest BCUT2D eigenvalue weighted by atomic mass is 35.5. The molecule has 1 aliphatic carbocycles. The van der Waals surface area contributed by atoms with Gasteiger partial charge in [0.1, 0.15) is 5.75 Å². The zero-order valence-electron chi connectivity index (χ0n) is 16.9. The highest BCUT2D eigenvalue weighted by Gasteiger charge is 2.39. The largest absolute Gasteiger partial charge is 0.491 e. The Balaban J connectivity index is 1.72. The number of carbonyl (C=O) groups is 2. The van der Waals surface area contributed by atoms with Crippen LogP contribution in [0.4, 0.5) is 0 Å². The van der Waals surface area contributed by atoms with Gasteiger partial charge in [-0.1, -0.05) is 47.5 Å². The molecule has 4 rings (SSSR count). The van der Waals surface area contributed by atoms with Crippen molar-refractivity contribution in [2.75, 3.05) is 0 Å². The van der Waals surface area contributed by atoms with E-state index in [4.69, 9.17) is 27.9 Å². The van der Waals surface area contributed by atoms with Crippen LogP contribution in [0.3, 0.4) is 0 Å². The Bertz CT molecular complexity index is 1040. The van der Waals surface area contributed by atoms with Crippen LogP contribution in [0.2, 0.25) is 10.0 Å². The molecule has 2 atom stereocenters. The fraction of sp³-hybridized carbons (Fsp3) is 0.333. The minimum absolute atomic E-state index is 0.00175. The number of hydrogen-bond donors (Lipinski definition) is 1. The van der Waals surface area contributed by atoms with Crippen molar-refractivity contribution >= 4 is 34.9 Å². The van der Waals surface area contributed by atoms with E-state index in [-0.39, 0.29) is 36.1 Å². The summed E-state index contributed by atoms with van der Waals surface area (Å²) >= 11 is 12.2. The summed E-state index contributed by atoms with van der Waals surface area (Å²) in [4.78, 5) is 25.8. The molecular weight excluding hydrogens is 421 g/mol. The maximum absolute atomic E-state index is 13.3. The molecule has 2 aromatic carbocycles. The molecule has 0 saturated carbocycles. The molecule has 4 nitrogen and oxygen atoms in total. The Hall–Kier alpha value is -2.30. The first-order valence-corrected chi connectivity index (χ1v) is 10.9. The summed E-state index contributed by atoms with van der Waals surface area (Å²) in [6.45, 7) is 3.92. The highest BCUT2D eigenvalue weighted by Crippen LogP contribution is 2.45. The molecule has 0 saturated heterocycles. The minimum Gasteiger partial charge on any atom is -0.491 e. The van der Waals surface area contributed by atoms with Crippen molar-refractivity contribution in [3.63, 3.8) is 0 Å². The van der Waals surface area contributed by atoms with Crippen molar-refractivity contribution < 1.29 is 14.3 Å². The van der Waals surface area contributed by atoms with E-state index in [2.05, 4.69) is 5.32 Å². The predicted octanol–water partition coefficient (Wildman–Crippen LogP) is 5.78. The summed E-state index contributed by atoms with van der Waals surface area (Å²) in [5.74, 6) is 0.342. The number of benzene rings is 2. The molecule has 0 aromatic heterocycles. The van der Waals surface area contributed by atoms with Crippen LogP contribution >= 0.6 is 23.2 Å². The Labute approximate surface area is 186 Å². The lowest BCUT2D eigenvalue weighted by molar-refractivity contribution is -0.122. The first-order valence-electron chi connectivity index (χ1n) is 10.1.